The highest BCUT2D eigenvalue weighted by Crippen LogP contribution is 2.20. The van der Waals surface area contributed by atoms with Crippen molar-refractivity contribution in [3.63, 3.8) is 0 Å². The maximum atomic E-state index is 9.81. The van der Waals surface area contributed by atoms with Crippen LogP contribution in [0.2, 0.25) is 0 Å². The van der Waals surface area contributed by atoms with E-state index in [0.29, 0.717) is 6.04 Å². The van der Waals surface area contributed by atoms with Crippen molar-refractivity contribution in [2.24, 2.45) is 5.92 Å². The van der Waals surface area contributed by atoms with Crippen molar-refractivity contribution < 1.29 is 9.84 Å². The zero-order chi connectivity index (χ0) is 10.5. The minimum atomic E-state index is -0.112. The molecule has 1 heterocycles. The average molecular weight is 213 g/mol. The monoisotopic (exact) mass is 213 g/mol. The van der Waals surface area contributed by atoms with Crippen LogP contribution in [0.1, 0.15) is 38.5 Å². The predicted molar refractivity (Wildman–Crippen MR) is 59.8 cm³/mol. The van der Waals surface area contributed by atoms with Gasteiger partial charge in [-0.05, 0) is 38.1 Å². The maximum absolute atomic E-state index is 9.81. The van der Waals surface area contributed by atoms with E-state index in [1.807, 2.05) is 0 Å². The van der Waals surface area contributed by atoms with Crippen molar-refractivity contribution in [2.75, 3.05) is 19.8 Å². The van der Waals surface area contributed by atoms with Crippen molar-refractivity contribution in [1.29, 1.82) is 0 Å². The Morgan fingerprint density at radius 3 is 2.53 bits per heavy atom. The molecule has 2 atom stereocenters. The van der Waals surface area contributed by atoms with Crippen molar-refractivity contribution in [1.82, 2.24) is 5.32 Å². The molecule has 3 heteroatoms. The van der Waals surface area contributed by atoms with Crippen molar-refractivity contribution in [3.8, 4) is 0 Å². The second-order valence-electron chi connectivity index (χ2n) is 4.92. The third kappa shape index (κ3) is 3.44. The van der Waals surface area contributed by atoms with Gasteiger partial charge in [-0.2, -0.15) is 0 Å². The Labute approximate surface area is 92.2 Å². The fourth-order valence-electron chi connectivity index (χ4n) is 2.62. The normalized spacial score (nSPS) is 34.2. The van der Waals surface area contributed by atoms with Crippen LogP contribution in [0.25, 0.3) is 0 Å². The SMILES string of the molecule is O[C@H]1CCCC[C@@H]1NCC1CCOCC1. The van der Waals surface area contributed by atoms with Gasteiger partial charge in [0.2, 0.25) is 0 Å². The van der Waals surface area contributed by atoms with Gasteiger partial charge in [0.15, 0.2) is 0 Å². The Morgan fingerprint density at radius 1 is 1.07 bits per heavy atom. The van der Waals surface area contributed by atoms with Gasteiger partial charge in [-0.1, -0.05) is 12.8 Å². The van der Waals surface area contributed by atoms with Crippen LogP contribution in [-0.4, -0.2) is 37.0 Å². The molecule has 1 saturated heterocycles. The van der Waals surface area contributed by atoms with Crippen LogP contribution in [0.5, 0.6) is 0 Å². The summed E-state index contributed by atoms with van der Waals surface area (Å²) < 4.78 is 5.34. The summed E-state index contributed by atoms with van der Waals surface area (Å²) >= 11 is 0. The molecule has 0 radical (unpaired) electrons. The topological polar surface area (TPSA) is 41.5 Å². The van der Waals surface area contributed by atoms with Crippen molar-refractivity contribution in [2.45, 2.75) is 50.7 Å². The van der Waals surface area contributed by atoms with Gasteiger partial charge in [0, 0.05) is 19.3 Å². The van der Waals surface area contributed by atoms with Gasteiger partial charge >= 0.3 is 0 Å². The van der Waals surface area contributed by atoms with Gasteiger partial charge in [-0.3, -0.25) is 0 Å². The molecule has 0 unspecified atom stereocenters. The molecule has 2 N–H and O–H groups in total. The molecule has 2 rings (SSSR count). The summed E-state index contributed by atoms with van der Waals surface area (Å²) in [5, 5.41) is 13.3. The van der Waals surface area contributed by atoms with Crippen LogP contribution >= 0.6 is 0 Å². The van der Waals surface area contributed by atoms with E-state index in [4.69, 9.17) is 4.74 Å². The van der Waals surface area contributed by atoms with E-state index in [2.05, 4.69) is 5.32 Å². The molecular weight excluding hydrogens is 190 g/mol. The van der Waals surface area contributed by atoms with Gasteiger partial charge in [0.1, 0.15) is 0 Å². The van der Waals surface area contributed by atoms with E-state index in [0.717, 1.165) is 38.5 Å². The van der Waals surface area contributed by atoms with Gasteiger partial charge in [-0.15, -0.1) is 0 Å². The number of aliphatic hydroxyl groups excluding tert-OH is 1. The summed E-state index contributed by atoms with van der Waals surface area (Å²) in [6, 6.07) is 0.349. The van der Waals surface area contributed by atoms with Crippen molar-refractivity contribution >= 4 is 0 Å². The summed E-state index contributed by atoms with van der Waals surface area (Å²) in [5.74, 6) is 0.757. The Bertz CT molecular complexity index is 180. The van der Waals surface area contributed by atoms with E-state index in [1.54, 1.807) is 0 Å². The third-order valence-electron chi connectivity index (χ3n) is 3.74. The van der Waals surface area contributed by atoms with E-state index in [9.17, 15) is 5.11 Å². The summed E-state index contributed by atoms with van der Waals surface area (Å²) in [6.07, 6.45) is 6.82. The molecule has 2 aliphatic rings. The van der Waals surface area contributed by atoms with Crippen LogP contribution in [0.15, 0.2) is 0 Å². The Kier molecular flexibility index (Phi) is 4.42. The highest BCUT2D eigenvalue weighted by atomic mass is 16.5. The smallest absolute Gasteiger partial charge is 0.0693 e. The molecule has 0 bridgehead atoms. The van der Waals surface area contributed by atoms with E-state index in [-0.39, 0.29) is 6.10 Å². The molecule has 1 aliphatic carbocycles. The summed E-state index contributed by atoms with van der Waals surface area (Å²) in [7, 11) is 0. The number of aliphatic hydroxyl groups is 1. The lowest BCUT2D eigenvalue weighted by molar-refractivity contribution is 0.0561. The number of rotatable bonds is 3. The Morgan fingerprint density at radius 2 is 1.80 bits per heavy atom. The number of ether oxygens (including phenoxy) is 1. The first-order valence-corrected chi connectivity index (χ1v) is 6.35. The lowest BCUT2D eigenvalue weighted by Gasteiger charge is -2.31. The molecule has 1 aliphatic heterocycles. The van der Waals surface area contributed by atoms with Crippen LogP contribution in [0.3, 0.4) is 0 Å². The average Bonchev–Trinajstić information content (AvgIpc) is 2.29. The highest BCUT2D eigenvalue weighted by Gasteiger charge is 2.23. The zero-order valence-corrected chi connectivity index (χ0v) is 9.45. The lowest BCUT2D eigenvalue weighted by Crippen LogP contribution is -2.44. The molecule has 0 aromatic rings. The molecule has 88 valence electrons. The van der Waals surface area contributed by atoms with Crippen molar-refractivity contribution in [3.05, 3.63) is 0 Å². The van der Waals surface area contributed by atoms with E-state index >= 15 is 0 Å². The standard InChI is InChI=1S/C12H23NO2/c14-12-4-2-1-3-11(12)13-9-10-5-7-15-8-6-10/h10-14H,1-9H2/t11-,12-/m0/s1. The second-order valence-corrected chi connectivity index (χ2v) is 4.92. The number of hydrogen-bond donors (Lipinski definition) is 2. The largest absolute Gasteiger partial charge is 0.392 e. The molecule has 0 spiro atoms. The minimum absolute atomic E-state index is 0.112. The minimum Gasteiger partial charge on any atom is -0.392 e. The van der Waals surface area contributed by atoms with Gasteiger partial charge in [-0.25, -0.2) is 0 Å². The summed E-state index contributed by atoms with van der Waals surface area (Å²) in [4.78, 5) is 0. The van der Waals surface area contributed by atoms with E-state index < -0.39 is 0 Å². The number of nitrogens with one attached hydrogen (secondary N) is 1. The molecule has 0 amide bonds. The quantitative estimate of drug-likeness (QED) is 0.742. The zero-order valence-electron chi connectivity index (χ0n) is 9.45. The van der Waals surface area contributed by atoms with Crippen LogP contribution in [-0.2, 0) is 4.74 Å². The van der Waals surface area contributed by atoms with Gasteiger partial charge < -0.3 is 15.2 Å². The van der Waals surface area contributed by atoms with Crippen LogP contribution in [0.4, 0.5) is 0 Å². The molecule has 15 heavy (non-hydrogen) atoms. The van der Waals surface area contributed by atoms with Crippen LogP contribution < -0.4 is 5.32 Å². The first-order valence-electron chi connectivity index (χ1n) is 6.35. The fraction of sp³-hybridized carbons (Fsp3) is 1.00. The van der Waals surface area contributed by atoms with Crippen LogP contribution in [0, 0.1) is 5.92 Å². The first kappa shape index (κ1) is 11.4. The van der Waals surface area contributed by atoms with Gasteiger partial charge in [0.25, 0.3) is 0 Å². The molecule has 3 nitrogen and oxygen atoms in total. The second kappa shape index (κ2) is 5.83. The lowest BCUT2D eigenvalue weighted by atomic mass is 9.91. The summed E-state index contributed by atoms with van der Waals surface area (Å²) in [6.45, 7) is 2.89. The molecule has 1 saturated carbocycles. The maximum Gasteiger partial charge on any atom is 0.0693 e. The Balaban J connectivity index is 1.67. The summed E-state index contributed by atoms with van der Waals surface area (Å²) in [5.41, 5.74) is 0. The van der Waals surface area contributed by atoms with Gasteiger partial charge in [0.05, 0.1) is 6.10 Å². The molecular formula is C12H23NO2. The number of hydrogen-bond acceptors (Lipinski definition) is 3. The predicted octanol–water partition coefficient (Wildman–Crippen LogP) is 1.31. The highest BCUT2D eigenvalue weighted by molar-refractivity contribution is 4.81. The van der Waals surface area contributed by atoms with E-state index in [1.165, 1.54) is 25.7 Å². The molecule has 0 aromatic heterocycles. The molecule has 0 aromatic carbocycles. The molecule has 2 fully saturated rings. The third-order valence-corrected chi connectivity index (χ3v) is 3.74. The first-order chi connectivity index (χ1) is 7.36. The Hall–Kier alpha value is -0.120. The fourth-order valence-corrected chi connectivity index (χ4v) is 2.62.